The highest BCUT2D eigenvalue weighted by Crippen LogP contribution is 2.62. The van der Waals surface area contributed by atoms with Crippen LogP contribution in [0.5, 0.6) is 0 Å². The van der Waals surface area contributed by atoms with E-state index in [1.165, 1.54) is 24.8 Å². The molecular formula is C25H40O2Si. The third kappa shape index (κ3) is 2.95. The van der Waals surface area contributed by atoms with Crippen LogP contribution in [0.1, 0.15) is 79.6 Å². The van der Waals surface area contributed by atoms with Crippen molar-refractivity contribution in [2.24, 2.45) is 22.7 Å². The van der Waals surface area contributed by atoms with Crippen LogP contribution in [0.4, 0.5) is 0 Å². The molecule has 156 valence electrons. The zero-order valence-electron chi connectivity index (χ0n) is 19.2. The highest BCUT2D eigenvalue weighted by molar-refractivity contribution is 6.74. The van der Waals surface area contributed by atoms with Crippen molar-refractivity contribution in [3.05, 3.63) is 23.3 Å². The molecule has 0 aromatic heterocycles. The van der Waals surface area contributed by atoms with Crippen molar-refractivity contribution in [1.82, 2.24) is 0 Å². The summed E-state index contributed by atoms with van der Waals surface area (Å²) in [6.07, 6.45) is 12.9. The summed E-state index contributed by atoms with van der Waals surface area (Å²) in [4.78, 5) is 12.5. The van der Waals surface area contributed by atoms with E-state index < -0.39 is 8.32 Å². The Morgan fingerprint density at radius 2 is 1.82 bits per heavy atom. The Labute approximate surface area is 173 Å². The number of ketones is 1. The topological polar surface area (TPSA) is 26.3 Å². The van der Waals surface area contributed by atoms with Crippen LogP contribution in [0.3, 0.4) is 0 Å². The van der Waals surface area contributed by atoms with Gasteiger partial charge in [0, 0.05) is 17.9 Å². The Morgan fingerprint density at radius 1 is 1.11 bits per heavy atom. The maximum Gasteiger partial charge on any atom is 0.192 e. The van der Waals surface area contributed by atoms with Crippen LogP contribution in [0, 0.1) is 22.7 Å². The first-order valence-corrected chi connectivity index (χ1v) is 14.4. The van der Waals surface area contributed by atoms with E-state index in [0.717, 1.165) is 19.3 Å². The zero-order valence-corrected chi connectivity index (χ0v) is 20.2. The van der Waals surface area contributed by atoms with Gasteiger partial charge in [-0.3, -0.25) is 4.79 Å². The average molecular weight is 401 g/mol. The number of Topliss-reactive ketones (excluding diaryl/α,β-unsaturated/α-hetero) is 1. The molecule has 28 heavy (non-hydrogen) atoms. The number of rotatable bonds is 2. The van der Waals surface area contributed by atoms with Gasteiger partial charge in [-0.1, -0.05) is 51.0 Å². The van der Waals surface area contributed by atoms with Gasteiger partial charge in [0.05, 0.1) is 0 Å². The number of carbonyl (C=O) groups excluding carboxylic acids is 1. The largest absolute Gasteiger partial charge is 0.414 e. The molecule has 0 spiro atoms. The molecule has 2 fully saturated rings. The summed E-state index contributed by atoms with van der Waals surface area (Å²) in [5.41, 5.74) is 3.32. The highest BCUT2D eigenvalue weighted by atomic mass is 28.4. The van der Waals surface area contributed by atoms with Gasteiger partial charge in [-0.15, -0.1) is 0 Å². The lowest BCUT2D eigenvalue weighted by Crippen LogP contribution is -2.50. The van der Waals surface area contributed by atoms with E-state index in [2.05, 4.69) is 59.9 Å². The Bertz CT molecular complexity index is 740. The van der Waals surface area contributed by atoms with Crippen molar-refractivity contribution in [3.63, 3.8) is 0 Å². The number of carbonyl (C=O) groups is 1. The smallest absolute Gasteiger partial charge is 0.192 e. The molecule has 2 nitrogen and oxygen atoms in total. The van der Waals surface area contributed by atoms with E-state index in [1.54, 1.807) is 5.57 Å². The van der Waals surface area contributed by atoms with E-state index in [9.17, 15) is 4.79 Å². The molecule has 0 aromatic carbocycles. The van der Waals surface area contributed by atoms with Gasteiger partial charge in [-0.2, -0.15) is 0 Å². The van der Waals surface area contributed by atoms with Gasteiger partial charge in [-0.25, -0.2) is 0 Å². The van der Waals surface area contributed by atoms with Crippen molar-refractivity contribution in [3.8, 4) is 0 Å². The minimum absolute atomic E-state index is 0.147. The van der Waals surface area contributed by atoms with Crippen LogP contribution in [0.2, 0.25) is 18.1 Å². The molecule has 2 saturated carbocycles. The molecule has 0 amide bonds. The van der Waals surface area contributed by atoms with Gasteiger partial charge in [0.25, 0.3) is 0 Å². The van der Waals surface area contributed by atoms with E-state index in [-0.39, 0.29) is 10.5 Å². The van der Waals surface area contributed by atoms with Gasteiger partial charge in [0.1, 0.15) is 5.78 Å². The summed E-state index contributed by atoms with van der Waals surface area (Å²) in [6, 6.07) is 0. The standard InChI is InChI=1S/C25H40O2Si/c1-23(2,3)28(6,7)27-18-12-14-24(4)17(16-18)8-9-19-20-10-11-22(26)25(20,5)15-13-21(19)24/h8,10,18-19,21H,9,11-16H2,1-7H3/t18-,19?,21?,24-,25-/m0/s1. The second-order valence-electron chi connectivity index (χ2n) is 12.0. The fourth-order valence-electron chi connectivity index (χ4n) is 6.48. The first-order valence-electron chi connectivity index (χ1n) is 11.5. The van der Waals surface area contributed by atoms with Gasteiger partial charge in [0.2, 0.25) is 0 Å². The van der Waals surface area contributed by atoms with Gasteiger partial charge in [0.15, 0.2) is 8.32 Å². The quantitative estimate of drug-likeness (QED) is 0.375. The summed E-state index contributed by atoms with van der Waals surface area (Å²) in [6.45, 7) is 16.5. The second-order valence-corrected chi connectivity index (χ2v) is 16.8. The van der Waals surface area contributed by atoms with Crippen molar-refractivity contribution in [2.45, 2.75) is 104 Å². The van der Waals surface area contributed by atoms with E-state index in [1.807, 2.05) is 0 Å². The Balaban J connectivity index is 1.55. The van der Waals surface area contributed by atoms with Crippen LogP contribution in [-0.2, 0) is 9.22 Å². The van der Waals surface area contributed by atoms with Crippen molar-refractivity contribution >= 4 is 14.1 Å². The third-order valence-electron chi connectivity index (χ3n) is 9.47. The lowest BCUT2D eigenvalue weighted by Gasteiger charge is -2.56. The fourth-order valence-corrected chi connectivity index (χ4v) is 7.87. The van der Waals surface area contributed by atoms with Crippen LogP contribution in [-0.4, -0.2) is 20.2 Å². The number of hydrogen-bond acceptors (Lipinski definition) is 2. The predicted octanol–water partition coefficient (Wildman–Crippen LogP) is 6.83. The van der Waals surface area contributed by atoms with Crippen molar-refractivity contribution in [2.75, 3.05) is 0 Å². The van der Waals surface area contributed by atoms with E-state index in [0.29, 0.717) is 35.6 Å². The van der Waals surface area contributed by atoms with Crippen LogP contribution in [0.15, 0.2) is 23.3 Å². The van der Waals surface area contributed by atoms with Crippen molar-refractivity contribution in [1.29, 1.82) is 0 Å². The first kappa shape index (κ1) is 20.6. The minimum atomic E-state index is -1.72. The number of fused-ring (bicyclic) bond motifs is 5. The molecule has 0 N–H and O–H groups in total. The Morgan fingerprint density at radius 3 is 2.50 bits per heavy atom. The van der Waals surface area contributed by atoms with Gasteiger partial charge >= 0.3 is 0 Å². The molecule has 0 radical (unpaired) electrons. The molecule has 3 heteroatoms. The predicted molar refractivity (Wildman–Crippen MR) is 119 cm³/mol. The summed E-state index contributed by atoms with van der Waals surface area (Å²) >= 11 is 0. The molecule has 4 aliphatic carbocycles. The summed E-state index contributed by atoms with van der Waals surface area (Å²) < 4.78 is 6.81. The molecule has 4 rings (SSSR count). The average Bonchev–Trinajstić information content (AvgIpc) is 2.89. The van der Waals surface area contributed by atoms with Crippen LogP contribution < -0.4 is 0 Å². The lowest BCUT2D eigenvalue weighted by atomic mass is 9.49. The zero-order chi connectivity index (χ0) is 20.5. The summed E-state index contributed by atoms with van der Waals surface area (Å²) in [5.74, 6) is 1.77. The van der Waals surface area contributed by atoms with Gasteiger partial charge < -0.3 is 4.43 Å². The molecule has 0 heterocycles. The summed E-state index contributed by atoms with van der Waals surface area (Å²) in [5, 5.41) is 0.273. The molecule has 0 saturated heterocycles. The Kier molecular flexibility index (Phi) is 4.71. The third-order valence-corrected chi connectivity index (χ3v) is 14.0. The molecular weight excluding hydrogens is 360 g/mol. The van der Waals surface area contributed by atoms with Gasteiger partial charge in [-0.05, 0) is 80.8 Å². The SMILES string of the molecule is CC(C)(C)[Si](C)(C)O[C@H]1CC[C@@]2(C)C(=CCC3C4=CCC(=O)[C@@]4(C)CCC32)C1. The first-order chi connectivity index (χ1) is 12.9. The maximum atomic E-state index is 12.5. The number of allylic oxidation sites excluding steroid dienone is 3. The normalized spacial score (nSPS) is 41.0. The van der Waals surface area contributed by atoms with Crippen molar-refractivity contribution < 1.29 is 9.22 Å². The highest BCUT2D eigenvalue weighted by Gasteiger charge is 2.55. The van der Waals surface area contributed by atoms with E-state index in [4.69, 9.17) is 4.43 Å². The molecule has 0 aromatic rings. The molecule has 2 unspecified atom stereocenters. The molecule has 4 aliphatic rings. The van der Waals surface area contributed by atoms with Crippen LogP contribution >= 0.6 is 0 Å². The van der Waals surface area contributed by atoms with Crippen LogP contribution in [0.25, 0.3) is 0 Å². The molecule has 5 atom stereocenters. The second kappa shape index (κ2) is 6.41. The number of hydrogen-bond donors (Lipinski definition) is 0. The molecule has 0 bridgehead atoms. The monoisotopic (exact) mass is 400 g/mol. The lowest BCUT2D eigenvalue weighted by molar-refractivity contribution is -0.126. The minimum Gasteiger partial charge on any atom is -0.414 e. The molecule has 0 aliphatic heterocycles. The fraction of sp³-hybridized carbons (Fsp3) is 0.800. The van der Waals surface area contributed by atoms with E-state index >= 15 is 0 Å². The maximum absolute atomic E-state index is 12.5. The Hall–Kier alpha value is -0.673. The summed E-state index contributed by atoms with van der Waals surface area (Å²) in [7, 11) is -1.72.